The maximum absolute atomic E-state index is 5.84. The summed E-state index contributed by atoms with van der Waals surface area (Å²) in [7, 11) is 0. The van der Waals surface area contributed by atoms with Gasteiger partial charge in [-0.3, -0.25) is 0 Å². The highest BCUT2D eigenvalue weighted by atomic mass is 15.4. The molecule has 0 aromatic carbocycles. The van der Waals surface area contributed by atoms with Crippen LogP contribution in [-0.2, 0) is 0 Å². The Kier molecular flexibility index (Phi) is 1.90. The largest absolute Gasteiger partial charge is 0.369 e. The molecular weight excluding hydrogens is 178 g/mol. The molecule has 0 unspecified atom stereocenters. The van der Waals surface area contributed by atoms with Gasteiger partial charge < -0.3 is 16.4 Å². The fourth-order valence-electron chi connectivity index (χ4n) is 1.70. The predicted octanol–water partition coefficient (Wildman–Crippen LogP) is 0.0775. The van der Waals surface area contributed by atoms with Gasteiger partial charge in [0.1, 0.15) is 5.66 Å². The molecule has 0 bridgehead atoms. The van der Waals surface area contributed by atoms with Gasteiger partial charge in [0, 0.05) is 6.54 Å². The number of nitrogens with two attached hydrogens (primary N) is 2. The molecule has 2 rings (SSSR count). The third-order valence-corrected chi connectivity index (χ3v) is 2.69. The van der Waals surface area contributed by atoms with Gasteiger partial charge in [-0.2, -0.15) is 4.99 Å². The predicted molar refractivity (Wildman–Crippen MR) is 56.8 cm³/mol. The lowest BCUT2D eigenvalue weighted by Crippen LogP contribution is -2.54. The van der Waals surface area contributed by atoms with Crippen LogP contribution in [0.1, 0.15) is 26.7 Å². The van der Waals surface area contributed by atoms with Crippen LogP contribution in [0.25, 0.3) is 0 Å². The van der Waals surface area contributed by atoms with Gasteiger partial charge in [0.05, 0.1) is 0 Å². The minimum atomic E-state index is -0.349. The maximum atomic E-state index is 5.84. The van der Waals surface area contributed by atoms with E-state index in [2.05, 4.69) is 9.98 Å². The average Bonchev–Trinajstić information content (AvgIpc) is 2.78. The molecule has 0 saturated heterocycles. The molecule has 1 saturated carbocycles. The van der Waals surface area contributed by atoms with Crippen LogP contribution < -0.4 is 11.5 Å². The van der Waals surface area contributed by atoms with E-state index < -0.39 is 0 Å². The van der Waals surface area contributed by atoms with E-state index in [9.17, 15) is 0 Å². The molecule has 0 radical (unpaired) electrons. The Morgan fingerprint density at radius 1 is 1.43 bits per heavy atom. The molecule has 2 aliphatic rings. The van der Waals surface area contributed by atoms with Crippen molar-refractivity contribution in [1.82, 2.24) is 4.90 Å². The van der Waals surface area contributed by atoms with Crippen molar-refractivity contribution in [3.63, 3.8) is 0 Å². The summed E-state index contributed by atoms with van der Waals surface area (Å²) in [5.74, 6) is 1.53. The molecule has 1 aliphatic carbocycles. The molecule has 0 aromatic heterocycles. The van der Waals surface area contributed by atoms with Crippen LogP contribution >= 0.6 is 0 Å². The molecular formula is C9H17N5. The minimum Gasteiger partial charge on any atom is -0.369 e. The van der Waals surface area contributed by atoms with Crippen molar-refractivity contribution in [2.75, 3.05) is 6.54 Å². The fraction of sp³-hybridized carbons (Fsp3) is 0.778. The second-order valence-corrected chi connectivity index (χ2v) is 4.49. The quantitative estimate of drug-likeness (QED) is 0.654. The standard InChI is InChI=1S/C9H17N5/c1-9(2)13-7(10)12-8(11)14(9)5-6-3-4-6/h6H,3-5H2,1-2H3,(H4,10,11,12,13). The Hall–Kier alpha value is -1.26. The molecule has 5 nitrogen and oxygen atoms in total. The second kappa shape index (κ2) is 2.87. The Morgan fingerprint density at radius 2 is 2.07 bits per heavy atom. The van der Waals surface area contributed by atoms with Crippen LogP contribution in [0.4, 0.5) is 0 Å². The van der Waals surface area contributed by atoms with Crippen molar-refractivity contribution < 1.29 is 0 Å². The topological polar surface area (TPSA) is 80.0 Å². The lowest BCUT2D eigenvalue weighted by Gasteiger charge is -2.38. The summed E-state index contributed by atoms with van der Waals surface area (Å²) in [5.41, 5.74) is 11.1. The van der Waals surface area contributed by atoms with Gasteiger partial charge in [0.15, 0.2) is 0 Å². The van der Waals surface area contributed by atoms with Crippen LogP contribution in [0.5, 0.6) is 0 Å². The van der Waals surface area contributed by atoms with E-state index in [0.29, 0.717) is 5.96 Å². The number of hydrogen-bond acceptors (Lipinski definition) is 5. The van der Waals surface area contributed by atoms with Crippen LogP contribution in [0.3, 0.4) is 0 Å². The zero-order valence-corrected chi connectivity index (χ0v) is 8.70. The van der Waals surface area contributed by atoms with Gasteiger partial charge >= 0.3 is 0 Å². The molecule has 14 heavy (non-hydrogen) atoms. The molecule has 1 fully saturated rings. The van der Waals surface area contributed by atoms with Crippen LogP contribution in [0.2, 0.25) is 0 Å². The SMILES string of the molecule is CC1(C)N=C(N)N=C(N)N1CC1CC1. The van der Waals surface area contributed by atoms with Gasteiger partial charge in [-0.1, -0.05) is 0 Å². The highest BCUT2D eigenvalue weighted by Crippen LogP contribution is 2.32. The van der Waals surface area contributed by atoms with Crippen molar-refractivity contribution >= 4 is 11.9 Å². The van der Waals surface area contributed by atoms with Crippen LogP contribution in [0, 0.1) is 5.92 Å². The molecule has 78 valence electrons. The van der Waals surface area contributed by atoms with Gasteiger partial charge in [0.2, 0.25) is 11.9 Å². The summed E-state index contributed by atoms with van der Waals surface area (Å²) in [6.45, 7) is 4.95. The van der Waals surface area contributed by atoms with E-state index in [0.717, 1.165) is 12.5 Å². The summed E-state index contributed by atoms with van der Waals surface area (Å²) < 4.78 is 0. The van der Waals surface area contributed by atoms with Crippen molar-refractivity contribution in [3.05, 3.63) is 0 Å². The monoisotopic (exact) mass is 195 g/mol. The van der Waals surface area contributed by atoms with Crippen molar-refractivity contribution in [3.8, 4) is 0 Å². The number of hydrogen-bond donors (Lipinski definition) is 2. The summed E-state index contributed by atoms with van der Waals surface area (Å²) >= 11 is 0. The lowest BCUT2D eigenvalue weighted by molar-refractivity contribution is 0.210. The van der Waals surface area contributed by atoms with Gasteiger partial charge in [0.25, 0.3) is 0 Å². The molecule has 0 aromatic rings. The van der Waals surface area contributed by atoms with E-state index in [4.69, 9.17) is 11.5 Å². The smallest absolute Gasteiger partial charge is 0.220 e. The Bertz CT molecular complexity index is 300. The van der Waals surface area contributed by atoms with E-state index in [1.54, 1.807) is 0 Å². The van der Waals surface area contributed by atoms with Gasteiger partial charge in [-0.05, 0) is 32.6 Å². The van der Waals surface area contributed by atoms with E-state index >= 15 is 0 Å². The third-order valence-electron chi connectivity index (χ3n) is 2.69. The second-order valence-electron chi connectivity index (χ2n) is 4.49. The van der Waals surface area contributed by atoms with Crippen molar-refractivity contribution in [2.24, 2.45) is 27.4 Å². The molecule has 1 aliphatic heterocycles. The summed E-state index contributed by atoms with van der Waals surface area (Å²) in [5, 5.41) is 0. The first kappa shape index (κ1) is 9.30. The van der Waals surface area contributed by atoms with Crippen molar-refractivity contribution in [1.29, 1.82) is 0 Å². The number of guanidine groups is 2. The minimum absolute atomic E-state index is 0.277. The Morgan fingerprint density at radius 3 is 2.57 bits per heavy atom. The number of nitrogens with zero attached hydrogens (tertiary/aromatic N) is 3. The fourth-order valence-corrected chi connectivity index (χ4v) is 1.70. The molecule has 4 N–H and O–H groups in total. The first-order valence-electron chi connectivity index (χ1n) is 4.96. The molecule has 0 spiro atoms. The molecule has 0 atom stereocenters. The highest BCUT2D eigenvalue weighted by Gasteiger charge is 2.35. The van der Waals surface area contributed by atoms with Gasteiger partial charge in [-0.25, -0.2) is 4.99 Å². The van der Waals surface area contributed by atoms with Gasteiger partial charge in [-0.15, -0.1) is 0 Å². The number of rotatable bonds is 2. The highest BCUT2D eigenvalue weighted by molar-refractivity contribution is 5.95. The van der Waals surface area contributed by atoms with Crippen molar-refractivity contribution in [2.45, 2.75) is 32.4 Å². The zero-order chi connectivity index (χ0) is 10.3. The normalized spacial score (nSPS) is 25.7. The Balaban J connectivity index is 2.17. The molecule has 0 amide bonds. The summed E-state index contributed by atoms with van der Waals surface area (Å²) in [4.78, 5) is 10.3. The summed E-state index contributed by atoms with van der Waals surface area (Å²) in [6, 6.07) is 0. The maximum Gasteiger partial charge on any atom is 0.220 e. The third kappa shape index (κ3) is 1.66. The van der Waals surface area contributed by atoms with E-state index in [1.807, 2.05) is 18.7 Å². The van der Waals surface area contributed by atoms with E-state index in [1.165, 1.54) is 12.8 Å². The average molecular weight is 195 g/mol. The first-order chi connectivity index (χ1) is 6.49. The molecule has 5 heteroatoms. The lowest BCUT2D eigenvalue weighted by atomic mass is 10.2. The zero-order valence-electron chi connectivity index (χ0n) is 8.70. The van der Waals surface area contributed by atoms with E-state index in [-0.39, 0.29) is 11.6 Å². The first-order valence-corrected chi connectivity index (χ1v) is 4.96. The molecule has 1 heterocycles. The number of aliphatic imine (C=N–C) groups is 2. The Labute approximate surface area is 83.9 Å². The van der Waals surface area contributed by atoms with Crippen LogP contribution in [0.15, 0.2) is 9.98 Å². The summed E-state index contributed by atoms with van der Waals surface area (Å²) in [6.07, 6.45) is 2.58. The van der Waals surface area contributed by atoms with Crippen LogP contribution in [-0.4, -0.2) is 29.0 Å².